The largest absolute Gasteiger partial charge is 0.480 e. The van der Waals surface area contributed by atoms with E-state index >= 15 is 0 Å². The number of carbonyl (C=O) groups is 2. The average Bonchev–Trinajstić information content (AvgIpc) is 2.32. The van der Waals surface area contributed by atoms with E-state index in [1.165, 1.54) is 44.0 Å². The van der Waals surface area contributed by atoms with E-state index in [4.69, 9.17) is 5.11 Å². The van der Waals surface area contributed by atoms with Crippen LogP contribution in [-0.2, 0) is 16.0 Å². The summed E-state index contributed by atoms with van der Waals surface area (Å²) in [7, 11) is 1.44. The molecule has 0 aliphatic heterocycles. The van der Waals surface area contributed by atoms with Gasteiger partial charge >= 0.3 is 5.97 Å². The molecule has 19 heavy (non-hydrogen) atoms. The monoisotopic (exact) mass is 331 g/mol. The number of halogens is 2. The van der Waals surface area contributed by atoms with Crippen molar-refractivity contribution in [3.05, 3.63) is 34.1 Å². The van der Waals surface area contributed by atoms with E-state index in [1.807, 2.05) is 0 Å². The fourth-order valence-electron chi connectivity index (χ4n) is 1.40. The second kappa shape index (κ2) is 5.69. The number of aliphatic carboxylic acids is 1. The molecule has 1 aromatic carbocycles. The van der Waals surface area contributed by atoms with Gasteiger partial charge < -0.3 is 10.0 Å². The fourth-order valence-corrected chi connectivity index (χ4v) is 1.82. The summed E-state index contributed by atoms with van der Waals surface area (Å²) in [6, 6.07) is 4.27. The van der Waals surface area contributed by atoms with Crippen molar-refractivity contribution in [2.24, 2.45) is 0 Å². The van der Waals surface area contributed by atoms with E-state index in [0.717, 1.165) is 0 Å². The van der Waals surface area contributed by atoms with Crippen LogP contribution in [0, 0.1) is 5.82 Å². The Bertz CT molecular complexity index is 517. The second-order valence-electron chi connectivity index (χ2n) is 4.74. The van der Waals surface area contributed by atoms with Gasteiger partial charge in [0.25, 0.3) is 0 Å². The molecule has 1 aromatic rings. The smallest absolute Gasteiger partial charge is 0.329 e. The topological polar surface area (TPSA) is 57.6 Å². The summed E-state index contributed by atoms with van der Waals surface area (Å²) in [4.78, 5) is 24.3. The Kier molecular flexibility index (Phi) is 4.68. The van der Waals surface area contributed by atoms with Gasteiger partial charge in [0.1, 0.15) is 11.4 Å². The number of amides is 1. The minimum Gasteiger partial charge on any atom is -0.480 e. The molecule has 0 spiro atoms. The number of hydrogen-bond donors (Lipinski definition) is 1. The molecular formula is C13H15BrFNO3. The number of carboxylic acid groups (broad SMARTS) is 1. The molecule has 6 heteroatoms. The number of hydrogen-bond acceptors (Lipinski definition) is 2. The quantitative estimate of drug-likeness (QED) is 0.921. The third-order valence-corrected chi connectivity index (χ3v) is 3.68. The zero-order valence-electron chi connectivity index (χ0n) is 10.9. The summed E-state index contributed by atoms with van der Waals surface area (Å²) in [6.45, 7) is 2.90. The molecule has 1 amide bonds. The Hall–Kier alpha value is -1.43. The summed E-state index contributed by atoms with van der Waals surface area (Å²) in [5.41, 5.74) is -0.666. The van der Waals surface area contributed by atoms with Crippen molar-refractivity contribution in [2.45, 2.75) is 25.8 Å². The van der Waals surface area contributed by atoms with Gasteiger partial charge in [0.2, 0.25) is 5.91 Å². The first kappa shape index (κ1) is 15.6. The number of likely N-dealkylation sites (N-methyl/N-ethyl adjacent to an activating group) is 1. The van der Waals surface area contributed by atoms with E-state index in [2.05, 4.69) is 15.9 Å². The van der Waals surface area contributed by atoms with Gasteiger partial charge in [0.15, 0.2) is 0 Å². The van der Waals surface area contributed by atoms with Crippen LogP contribution in [0.4, 0.5) is 4.39 Å². The summed E-state index contributed by atoms with van der Waals surface area (Å²) in [6.07, 6.45) is 0.0199. The van der Waals surface area contributed by atoms with Gasteiger partial charge in [0.05, 0.1) is 10.9 Å². The Balaban J connectivity index is 2.85. The van der Waals surface area contributed by atoms with Gasteiger partial charge in [-0.1, -0.05) is 6.07 Å². The highest BCUT2D eigenvalue weighted by Gasteiger charge is 2.34. The van der Waals surface area contributed by atoms with Crippen molar-refractivity contribution < 1.29 is 19.1 Å². The number of benzene rings is 1. The third kappa shape index (κ3) is 3.53. The minimum absolute atomic E-state index is 0.0199. The van der Waals surface area contributed by atoms with E-state index < -0.39 is 17.3 Å². The Morgan fingerprint density at radius 1 is 1.42 bits per heavy atom. The lowest BCUT2D eigenvalue weighted by Crippen LogP contribution is -2.51. The molecular weight excluding hydrogens is 317 g/mol. The lowest BCUT2D eigenvalue weighted by atomic mass is 10.0. The van der Waals surface area contributed by atoms with Gasteiger partial charge in [-0.2, -0.15) is 0 Å². The zero-order chi connectivity index (χ0) is 14.8. The number of carboxylic acids is 1. The molecule has 104 valence electrons. The van der Waals surface area contributed by atoms with Crippen LogP contribution in [-0.4, -0.2) is 34.5 Å². The van der Waals surface area contributed by atoms with Crippen LogP contribution in [0.2, 0.25) is 0 Å². The van der Waals surface area contributed by atoms with Crippen LogP contribution in [0.1, 0.15) is 19.4 Å². The first-order chi connectivity index (χ1) is 8.66. The van der Waals surface area contributed by atoms with E-state index in [0.29, 0.717) is 5.56 Å². The molecule has 0 saturated carbocycles. The first-order valence-electron chi connectivity index (χ1n) is 5.60. The van der Waals surface area contributed by atoms with Crippen molar-refractivity contribution in [2.75, 3.05) is 7.05 Å². The summed E-state index contributed by atoms with van der Waals surface area (Å²) in [5.74, 6) is -1.83. The highest BCUT2D eigenvalue weighted by Crippen LogP contribution is 2.19. The molecule has 0 aliphatic carbocycles. The molecule has 1 rings (SSSR count). The van der Waals surface area contributed by atoms with Crippen LogP contribution in [0.3, 0.4) is 0 Å². The third-order valence-electron chi connectivity index (χ3n) is 3.08. The predicted molar refractivity (Wildman–Crippen MR) is 72.3 cm³/mol. The summed E-state index contributed by atoms with van der Waals surface area (Å²) < 4.78 is 13.3. The van der Waals surface area contributed by atoms with E-state index in [1.54, 1.807) is 0 Å². The van der Waals surface area contributed by atoms with Crippen molar-refractivity contribution in [3.63, 3.8) is 0 Å². The standard InChI is InChI=1S/C13H15BrFNO3/c1-13(2,12(18)19)16(3)11(17)7-8-4-5-10(15)9(14)6-8/h4-6H,7H2,1-3H3,(H,18,19). The second-order valence-corrected chi connectivity index (χ2v) is 5.60. The van der Waals surface area contributed by atoms with Gasteiger partial charge in [0, 0.05) is 7.05 Å². The van der Waals surface area contributed by atoms with Gasteiger partial charge in [-0.05, 0) is 47.5 Å². The van der Waals surface area contributed by atoms with Crippen molar-refractivity contribution in [1.29, 1.82) is 0 Å². The Morgan fingerprint density at radius 2 is 2.00 bits per heavy atom. The van der Waals surface area contributed by atoms with Crippen LogP contribution in [0.25, 0.3) is 0 Å². The molecule has 0 fully saturated rings. The van der Waals surface area contributed by atoms with Gasteiger partial charge in [-0.15, -0.1) is 0 Å². The van der Waals surface area contributed by atoms with Gasteiger partial charge in [-0.25, -0.2) is 9.18 Å². The molecule has 1 N–H and O–H groups in total. The molecule has 0 aliphatic rings. The normalized spacial score (nSPS) is 11.2. The predicted octanol–water partition coefficient (Wildman–Crippen LogP) is 2.45. The molecule has 0 radical (unpaired) electrons. The molecule has 0 bridgehead atoms. The van der Waals surface area contributed by atoms with Crippen LogP contribution in [0.5, 0.6) is 0 Å². The maximum absolute atomic E-state index is 13.1. The lowest BCUT2D eigenvalue weighted by molar-refractivity contribution is -0.155. The van der Waals surface area contributed by atoms with Gasteiger partial charge in [-0.3, -0.25) is 4.79 Å². The number of carbonyl (C=O) groups excluding carboxylic acids is 1. The molecule has 0 heterocycles. The molecule has 0 unspecified atom stereocenters. The fraction of sp³-hybridized carbons (Fsp3) is 0.385. The Labute approximate surface area is 119 Å². The molecule has 0 atom stereocenters. The molecule has 4 nitrogen and oxygen atoms in total. The Morgan fingerprint density at radius 3 is 2.47 bits per heavy atom. The SMILES string of the molecule is CN(C(=O)Cc1ccc(F)c(Br)c1)C(C)(C)C(=O)O. The minimum atomic E-state index is -1.28. The van der Waals surface area contributed by atoms with Crippen LogP contribution >= 0.6 is 15.9 Å². The van der Waals surface area contributed by atoms with Crippen molar-refractivity contribution >= 4 is 27.8 Å². The number of nitrogens with zero attached hydrogens (tertiary/aromatic N) is 1. The lowest BCUT2D eigenvalue weighted by Gasteiger charge is -2.31. The highest BCUT2D eigenvalue weighted by atomic mass is 79.9. The van der Waals surface area contributed by atoms with E-state index in [-0.39, 0.29) is 16.8 Å². The highest BCUT2D eigenvalue weighted by molar-refractivity contribution is 9.10. The van der Waals surface area contributed by atoms with Crippen LogP contribution in [0.15, 0.2) is 22.7 Å². The number of rotatable bonds is 4. The maximum atomic E-state index is 13.1. The first-order valence-corrected chi connectivity index (χ1v) is 6.39. The van der Waals surface area contributed by atoms with Crippen molar-refractivity contribution in [3.8, 4) is 0 Å². The van der Waals surface area contributed by atoms with Crippen LogP contribution < -0.4 is 0 Å². The van der Waals surface area contributed by atoms with E-state index in [9.17, 15) is 14.0 Å². The summed E-state index contributed by atoms with van der Waals surface area (Å²) in [5, 5.41) is 9.06. The maximum Gasteiger partial charge on any atom is 0.329 e. The molecule has 0 aromatic heterocycles. The zero-order valence-corrected chi connectivity index (χ0v) is 12.5. The average molecular weight is 332 g/mol. The molecule has 0 saturated heterocycles. The summed E-state index contributed by atoms with van der Waals surface area (Å²) >= 11 is 3.04. The van der Waals surface area contributed by atoms with Crippen molar-refractivity contribution in [1.82, 2.24) is 4.90 Å².